The third kappa shape index (κ3) is 3.54. The molecule has 0 amide bonds. The van der Waals surface area contributed by atoms with Crippen LogP contribution in [0.15, 0.2) is 127 Å². The van der Waals surface area contributed by atoms with Crippen LogP contribution in [0.3, 0.4) is 0 Å². The highest BCUT2D eigenvalue weighted by atomic mass is 16.1. The number of carbonyl (C=O) groups excluding carboxylic acids is 2. The van der Waals surface area contributed by atoms with Crippen molar-refractivity contribution in [2.75, 3.05) is 4.90 Å². The van der Waals surface area contributed by atoms with Gasteiger partial charge in [0.25, 0.3) is 0 Å². The maximum Gasteiger partial charge on any atom is 0.195 e. The van der Waals surface area contributed by atoms with Gasteiger partial charge in [-0.2, -0.15) is 0 Å². The Bertz CT molecular complexity index is 1520. The molecule has 3 nitrogen and oxygen atoms in total. The molecule has 3 heteroatoms. The molecule has 0 fully saturated rings. The molecule has 0 saturated carbocycles. The SMILES string of the molecule is O=C1c2ccccc2C(=O)c2c1cccc2-c1ccc(N(c2ccccc2)c2ccccc2)cc1. The van der Waals surface area contributed by atoms with Gasteiger partial charge in [-0.15, -0.1) is 0 Å². The fourth-order valence-corrected chi connectivity index (χ4v) is 4.78. The molecule has 6 rings (SSSR count). The van der Waals surface area contributed by atoms with Crippen LogP contribution in [0, 0.1) is 0 Å². The molecule has 0 bridgehead atoms. The smallest absolute Gasteiger partial charge is 0.195 e. The lowest BCUT2D eigenvalue weighted by Crippen LogP contribution is -2.21. The van der Waals surface area contributed by atoms with Crippen molar-refractivity contribution < 1.29 is 9.59 Å². The highest BCUT2D eigenvalue weighted by Crippen LogP contribution is 2.38. The number of rotatable bonds is 4. The van der Waals surface area contributed by atoms with Crippen LogP contribution in [0.5, 0.6) is 0 Å². The Balaban J connectivity index is 1.44. The van der Waals surface area contributed by atoms with E-state index in [-0.39, 0.29) is 11.6 Å². The van der Waals surface area contributed by atoms with Gasteiger partial charge in [0.2, 0.25) is 0 Å². The average Bonchev–Trinajstić information content (AvgIpc) is 2.93. The van der Waals surface area contributed by atoms with Crippen LogP contribution >= 0.6 is 0 Å². The summed E-state index contributed by atoms with van der Waals surface area (Å²) < 4.78 is 0. The van der Waals surface area contributed by atoms with Crippen LogP contribution < -0.4 is 4.90 Å². The van der Waals surface area contributed by atoms with Gasteiger partial charge in [-0.1, -0.05) is 91.0 Å². The van der Waals surface area contributed by atoms with E-state index in [0.29, 0.717) is 22.3 Å². The summed E-state index contributed by atoms with van der Waals surface area (Å²) in [5.74, 6) is -0.210. The molecule has 1 aliphatic rings. The number of ketones is 2. The molecular formula is C32H21NO2. The number of hydrogen-bond donors (Lipinski definition) is 0. The van der Waals surface area contributed by atoms with Crippen LogP contribution in [0.25, 0.3) is 11.1 Å². The van der Waals surface area contributed by atoms with E-state index in [1.54, 1.807) is 30.3 Å². The van der Waals surface area contributed by atoms with Gasteiger partial charge in [-0.3, -0.25) is 9.59 Å². The average molecular weight is 452 g/mol. The lowest BCUT2D eigenvalue weighted by Gasteiger charge is -2.26. The second kappa shape index (κ2) is 8.54. The zero-order chi connectivity index (χ0) is 23.8. The Kier molecular flexibility index (Phi) is 5.08. The van der Waals surface area contributed by atoms with Crippen molar-refractivity contribution in [1.29, 1.82) is 0 Å². The fourth-order valence-electron chi connectivity index (χ4n) is 4.78. The molecule has 0 atom stereocenters. The van der Waals surface area contributed by atoms with Crippen LogP contribution in [0.2, 0.25) is 0 Å². The van der Waals surface area contributed by atoms with Gasteiger partial charge in [-0.05, 0) is 47.5 Å². The van der Waals surface area contributed by atoms with Crippen molar-refractivity contribution in [2.24, 2.45) is 0 Å². The Morgan fingerprint density at radius 3 is 1.43 bits per heavy atom. The predicted molar refractivity (Wildman–Crippen MR) is 140 cm³/mol. The normalized spacial score (nSPS) is 12.1. The number of fused-ring (bicyclic) bond motifs is 2. The Morgan fingerprint density at radius 2 is 0.829 bits per heavy atom. The molecule has 0 aliphatic heterocycles. The molecule has 35 heavy (non-hydrogen) atoms. The van der Waals surface area contributed by atoms with E-state index in [9.17, 15) is 9.59 Å². The molecular weight excluding hydrogens is 430 g/mol. The number of carbonyl (C=O) groups is 2. The summed E-state index contributed by atoms with van der Waals surface area (Å²) in [5, 5.41) is 0. The summed E-state index contributed by atoms with van der Waals surface area (Å²) in [7, 11) is 0. The van der Waals surface area contributed by atoms with Crippen molar-refractivity contribution in [3.63, 3.8) is 0 Å². The van der Waals surface area contributed by atoms with E-state index in [1.807, 2.05) is 60.7 Å². The Labute approximate surface area is 203 Å². The molecule has 1 aliphatic carbocycles. The molecule has 0 aromatic heterocycles. The number of hydrogen-bond acceptors (Lipinski definition) is 3. The van der Waals surface area contributed by atoms with Gasteiger partial charge in [0.15, 0.2) is 11.6 Å². The number of para-hydroxylation sites is 2. The third-order valence-electron chi connectivity index (χ3n) is 6.42. The standard InChI is InChI=1S/C32H21NO2/c34-31-27-14-7-8-15-28(27)32(35)30-26(16-9-17-29(30)31)22-18-20-25(21-19-22)33(23-10-3-1-4-11-23)24-12-5-2-6-13-24/h1-21H. The lowest BCUT2D eigenvalue weighted by molar-refractivity contribution is 0.0979. The molecule has 5 aromatic rings. The highest BCUT2D eigenvalue weighted by Gasteiger charge is 2.31. The highest BCUT2D eigenvalue weighted by molar-refractivity contribution is 6.30. The van der Waals surface area contributed by atoms with Crippen LogP contribution in [0.4, 0.5) is 17.1 Å². The zero-order valence-corrected chi connectivity index (χ0v) is 18.9. The van der Waals surface area contributed by atoms with E-state index >= 15 is 0 Å². The second-order valence-electron chi connectivity index (χ2n) is 8.49. The molecule has 0 N–H and O–H groups in total. The molecule has 0 saturated heterocycles. The summed E-state index contributed by atoms with van der Waals surface area (Å²) in [6, 6.07) is 41.1. The van der Waals surface area contributed by atoms with Crippen molar-refractivity contribution in [3.05, 3.63) is 150 Å². The maximum atomic E-state index is 13.4. The first-order chi connectivity index (χ1) is 17.2. The first-order valence-corrected chi connectivity index (χ1v) is 11.5. The Hall–Kier alpha value is -4.76. The zero-order valence-electron chi connectivity index (χ0n) is 18.9. The summed E-state index contributed by atoms with van der Waals surface area (Å²) in [4.78, 5) is 28.8. The quantitative estimate of drug-likeness (QED) is 0.277. The van der Waals surface area contributed by atoms with Gasteiger partial charge in [0.1, 0.15) is 0 Å². The van der Waals surface area contributed by atoms with Crippen LogP contribution in [0.1, 0.15) is 31.8 Å². The van der Waals surface area contributed by atoms with Gasteiger partial charge in [-0.25, -0.2) is 0 Å². The second-order valence-corrected chi connectivity index (χ2v) is 8.49. The van der Waals surface area contributed by atoms with Gasteiger partial charge in [0, 0.05) is 39.3 Å². The number of benzene rings is 5. The van der Waals surface area contributed by atoms with E-state index in [0.717, 1.165) is 28.2 Å². The number of nitrogens with zero attached hydrogens (tertiary/aromatic N) is 1. The monoisotopic (exact) mass is 451 g/mol. The molecule has 5 aromatic carbocycles. The summed E-state index contributed by atoms with van der Waals surface area (Å²) >= 11 is 0. The summed E-state index contributed by atoms with van der Waals surface area (Å²) in [6.45, 7) is 0. The van der Waals surface area contributed by atoms with Crippen molar-refractivity contribution in [1.82, 2.24) is 0 Å². The molecule has 0 spiro atoms. The van der Waals surface area contributed by atoms with E-state index in [2.05, 4.69) is 41.3 Å². The minimum absolute atomic E-state index is 0.104. The number of anilines is 3. The fraction of sp³-hybridized carbons (Fsp3) is 0. The van der Waals surface area contributed by atoms with E-state index in [1.165, 1.54) is 0 Å². The Morgan fingerprint density at radius 1 is 0.371 bits per heavy atom. The molecule has 0 radical (unpaired) electrons. The lowest BCUT2D eigenvalue weighted by atomic mass is 9.80. The first-order valence-electron chi connectivity index (χ1n) is 11.5. The van der Waals surface area contributed by atoms with Crippen LogP contribution in [-0.2, 0) is 0 Å². The minimum Gasteiger partial charge on any atom is -0.311 e. The van der Waals surface area contributed by atoms with Crippen molar-refractivity contribution >= 4 is 28.6 Å². The molecule has 166 valence electrons. The van der Waals surface area contributed by atoms with Crippen molar-refractivity contribution in [2.45, 2.75) is 0 Å². The van der Waals surface area contributed by atoms with Gasteiger partial charge >= 0.3 is 0 Å². The third-order valence-corrected chi connectivity index (χ3v) is 6.42. The van der Waals surface area contributed by atoms with Crippen molar-refractivity contribution in [3.8, 4) is 11.1 Å². The topological polar surface area (TPSA) is 37.4 Å². The largest absolute Gasteiger partial charge is 0.311 e. The molecule has 0 heterocycles. The summed E-state index contributed by atoms with van der Waals surface area (Å²) in [5.41, 5.74) is 6.66. The predicted octanol–water partition coefficient (Wildman–Crippen LogP) is 7.60. The first kappa shape index (κ1) is 20.8. The van der Waals surface area contributed by atoms with Gasteiger partial charge in [0.05, 0.1) is 0 Å². The maximum absolute atomic E-state index is 13.4. The van der Waals surface area contributed by atoms with E-state index < -0.39 is 0 Å². The van der Waals surface area contributed by atoms with Gasteiger partial charge < -0.3 is 4.90 Å². The molecule has 0 unspecified atom stereocenters. The minimum atomic E-state index is -0.106. The van der Waals surface area contributed by atoms with E-state index in [4.69, 9.17) is 0 Å². The summed E-state index contributed by atoms with van der Waals surface area (Å²) in [6.07, 6.45) is 0. The van der Waals surface area contributed by atoms with Crippen LogP contribution in [-0.4, -0.2) is 11.6 Å².